The number of hydrogen-bond donors (Lipinski definition) is 0. The van der Waals surface area contributed by atoms with E-state index in [4.69, 9.17) is 5.26 Å². The molecule has 0 N–H and O–H groups in total. The average molecular weight is 259 g/mol. The van der Waals surface area contributed by atoms with E-state index in [9.17, 15) is 0 Å². The predicted octanol–water partition coefficient (Wildman–Crippen LogP) is 3.77. The fourth-order valence-corrected chi connectivity index (χ4v) is 2.54. The van der Waals surface area contributed by atoms with Crippen LogP contribution in [0.3, 0.4) is 0 Å². The van der Waals surface area contributed by atoms with Gasteiger partial charge in [-0.05, 0) is 60.7 Å². The normalized spacial score (nSPS) is 14.3. The lowest BCUT2D eigenvalue weighted by Gasteiger charge is -1.99. The van der Waals surface area contributed by atoms with Crippen molar-refractivity contribution in [2.45, 2.75) is 18.8 Å². The fraction of sp³-hybridized carbons (Fsp3) is 0.176. The number of rotatable bonds is 2. The van der Waals surface area contributed by atoms with E-state index in [2.05, 4.69) is 35.6 Å². The minimum atomic E-state index is 0.668. The highest BCUT2D eigenvalue weighted by Crippen LogP contribution is 2.40. The summed E-state index contributed by atoms with van der Waals surface area (Å²) in [7, 11) is 0. The maximum absolute atomic E-state index is 8.83. The molecule has 1 aliphatic carbocycles. The summed E-state index contributed by atoms with van der Waals surface area (Å²) in [6.45, 7) is 0. The lowest BCUT2D eigenvalue weighted by molar-refractivity contribution is 0.896. The summed E-state index contributed by atoms with van der Waals surface area (Å²) in [6, 6.07) is 16.1. The highest BCUT2D eigenvalue weighted by Gasteiger charge is 2.23. The lowest BCUT2D eigenvalue weighted by atomic mass is 10.1. The third kappa shape index (κ3) is 1.86. The number of nitrogens with zero attached hydrogens (tertiary/aromatic N) is 3. The van der Waals surface area contributed by atoms with Gasteiger partial charge in [-0.2, -0.15) is 10.4 Å². The second-order valence-corrected chi connectivity index (χ2v) is 5.32. The molecule has 0 radical (unpaired) electrons. The molecule has 1 heterocycles. The van der Waals surface area contributed by atoms with Gasteiger partial charge in [-0.3, -0.25) is 0 Å². The molecule has 0 atom stereocenters. The van der Waals surface area contributed by atoms with Crippen molar-refractivity contribution in [1.82, 2.24) is 9.78 Å². The van der Waals surface area contributed by atoms with Crippen LogP contribution in [0.5, 0.6) is 0 Å². The summed E-state index contributed by atoms with van der Waals surface area (Å²) in [6.07, 6.45) is 4.69. The molecule has 0 unspecified atom stereocenters. The molecular weight excluding hydrogens is 246 g/mol. The van der Waals surface area contributed by atoms with Crippen LogP contribution in [0.25, 0.3) is 16.6 Å². The van der Waals surface area contributed by atoms with Gasteiger partial charge in [0.1, 0.15) is 0 Å². The SMILES string of the molecule is N#Cc1ccc(-n2cc3cc(C4CC4)ccc3n2)cc1. The van der Waals surface area contributed by atoms with Gasteiger partial charge in [-0.15, -0.1) is 0 Å². The molecule has 20 heavy (non-hydrogen) atoms. The van der Waals surface area contributed by atoms with Crippen molar-refractivity contribution in [3.63, 3.8) is 0 Å². The van der Waals surface area contributed by atoms with Gasteiger partial charge >= 0.3 is 0 Å². The summed E-state index contributed by atoms with van der Waals surface area (Å²) in [5.74, 6) is 0.762. The Labute approximate surface area is 117 Å². The number of benzene rings is 2. The first kappa shape index (κ1) is 11.2. The number of aromatic nitrogens is 2. The van der Waals surface area contributed by atoms with Gasteiger partial charge < -0.3 is 0 Å². The van der Waals surface area contributed by atoms with Crippen LogP contribution in [0.4, 0.5) is 0 Å². The predicted molar refractivity (Wildman–Crippen MR) is 77.8 cm³/mol. The molecule has 96 valence electrons. The first-order valence-corrected chi connectivity index (χ1v) is 6.83. The zero-order valence-corrected chi connectivity index (χ0v) is 11.0. The van der Waals surface area contributed by atoms with Crippen LogP contribution < -0.4 is 0 Å². The Kier molecular flexibility index (Phi) is 2.37. The van der Waals surface area contributed by atoms with Crippen molar-refractivity contribution in [3.8, 4) is 11.8 Å². The quantitative estimate of drug-likeness (QED) is 0.703. The van der Waals surface area contributed by atoms with Crippen molar-refractivity contribution in [3.05, 3.63) is 59.8 Å². The van der Waals surface area contributed by atoms with E-state index in [0.717, 1.165) is 17.1 Å². The average Bonchev–Trinajstić information content (AvgIpc) is 3.26. The Bertz CT molecular complexity index is 818. The van der Waals surface area contributed by atoms with Crippen LogP contribution in [-0.2, 0) is 0 Å². The Hall–Kier alpha value is -2.60. The van der Waals surface area contributed by atoms with Crippen molar-refractivity contribution in [2.24, 2.45) is 0 Å². The smallest absolute Gasteiger partial charge is 0.0991 e. The molecular formula is C17H13N3. The molecule has 1 saturated carbocycles. The van der Waals surface area contributed by atoms with Gasteiger partial charge in [-0.1, -0.05) is 6.07 Å². The second kappa shape index (κ2) is 4.21. The first-order valence-electron chi connectivity index (χ1n) is 6.83. The van der Waals surface area contributed by atoms with Crippen LogP contribution in [0, 0.1) is 11.3 Å². The molecule has 4 rings (SSSR count). The molecule has 3 heteroatoms. The third-order valence-corrected chi connectivity index (χ3v) is 3.84. The van der Waals surface area contributed by atoms with Crippen molar-refractivity contribution in [2.75, 3.05) is 0 Å². The summed E-state index contributed by atoms with van der Waals surface area (Å²) in [4.78, 5) is 0. The Balaban J connectivity index is 1.77. The zero-order chi connectivity index (χ0) is 13.5. The van der Waals surface area contributed by atoms with Crippen molar-refractivity contribution in [1.29, 1.82) is 5.26 Å². The lowest BCUT2D eigenvalue weighted by Crippen LogP contribution is -1.93. The second-order valence-electron chi connectivity index (χ2n) is 5.32. The van der Waals surface area contributed by atoms with Crippen LogP contribution in [0.1, 0.15) is 29.9 Å². The molecule has 1 fully saturated rings. The minimum absolute atomic E-state index is 0.668. The maximum atomic E-state index is 8.83. The minimum Gasteiger partial charge on any atom is -0.240 e. The van der Waals surface area contributed by atoms with Crippen LogP contribution in [0.2, 0.25) is 0 Å². The van der Waals surface area contributed by atoms with E-state index in [1.54, 1.807) is 0 Å². The Morgan fingerprint density at radius 3 is 2.60 bits per heavy atom. The van der Waals surface area contributed by atoms with Gasteiger partial charge in [0.05, 0.1) is 22.8 Å². The summed E-state index contributed by atoms with van der Waals surface area (Å²) < 4.78 is 1.88. The number of fused-ring (bicyclic) bond motifs is 1. The Morgan fingerprint density at radius 2 is 1.90 bits per heavy atom. The molecule has 3 aromatic rings. The van der Waals surface area contributed by atoms with Gasteiger partial charge in [0.2, 0.25) is 0 Å². The molecule has 0 amide bonds. The van der Waals surface area contributed by atoms with E-state index < -0.39 is 0 Å². The summed E-state index contributed by atoms with van der Waals surface area (Å²) in [5, 5.41) is 14.6. The van der Waals surface area contributed by atoms with E-state index >= 15 is 0 Å². The fourth-order valence-electron chi connectivity index (χ4n) is 2.54. The van der Waals surface area contributed by atoms with Crippen LogP contribution >= 0.6 is 0 Å². The Morgan fingerprint density at radius 1 is 1.10 bits per heavy atom. The van der Waals surface area contributed by atoms with Crippen LogP contribution in [-0.4, -0.2) is 9.78 Å². The summed E-state index contributed by atoms with van der Waals surface area (Å²) >= 11 is 0. The molecule has 3 nitrogen and oxygen atoms in total. The van der Waals surface area contributed by atoms with E-state index in [1.165, 1.54) is 23.8 Å². The van der Waals surface area contributed by atoms with E-state index in [-0.39, 0.29) is 0 Å². The maximum Gasteiger partial charge on any atom is 0.0991 e. The molecule has 0 spiro atoms. The first-order chi connectivity index (χ1) is 9.83. The standard InChI is InChI=1S/C17H13N3/c18-10-12-1-6-16(7-2-12)20-11-15-9-14(13-3-4-13)5-8-17(15)19-20/h1-2,5-9,11,13H,3-4H2. The topological polar surface area (TPSA) is 41.6 Å². The van der Waals surface area contributed by atoms with Gasteiger partial charge in [-0.25, -0.2) is 4.68 Å². The zero-order valence-electron chi connectivity index (χ0n) is 11.0. The van der Waals surface area contributed by atoms with Crippen LogP contribution in [0.15, 0.2) is 48.7 Å². The molecule has 0 bridgehead atoms. The molecule has 1 aliphatic rings. The summed E-state index contributed by atoms with van der Waals surface area (Å²) in [5.41, 5.74) is 4.09. The highest BCUT2D eigenvalue weighted by molar-refractivity contribution is 5.79. The molecule has 2 aromatic carbocycles. The largest absolute Gasteiger partial charge is 0.240 e. The van der Waals surface area contributed by atoms with E-state index in [0.29, 0.717) is 5.56 Å². The van der Waals surface area contributed by atoms with Gasteiger partial charge in [0.25, 0.3) is 0 Å². The molecule has 1 aromatic heterocycles. The van der Waals surface area contributed by atoms with Gasteiger partial charge in [0.15, 0.2) is 0 Å². The number of hydrogen-bond acceptors (Lipinski definition) is 2. The third-order valence-electron chi connectivity index (χ3n) is 3.84. The van der Waals surface area contributed by atoms with E-state index in [1.807, 2.05) is 28.9 Å². The number of nitriles is 1. The van der Waals surface area contributed by atoms with Crippen molar-refractivity contribution < 1.29 is 0 Å². The van der Waals surface area contributed by atoms with Crippen molar-refractivity contribution >= 4 is 10.9 Å². The molecule has 0 aliphatic heterocycles. The van der Waals surface area contributed by atoms with Gasteiger partial charge in [0, 0.05) is 11.6 Å². The highest BCUT2D eigenvalue weighted by atomic mass is 15.3. The molecule has 0 saturated heterocycles. The monoisotopic (exact) mass is 259 g/mol.